The molecule has 0 aliphatic rings. The molecule has 0 radical (unpaired) electrons. The van der Waals surface area contributed by atoms with E-state index in [2.05, 4.69) is 5.32 Å². The third kappa shape index (κ3) is 8.93. The smallest absolute Gasteiger partial charge is 0.355 e. The summed E-state index contributed by atoms with van der Waals surface area (Å²) >= 11 is 5.87. The summed E-state index contributed by atoms with van der Waals surface area (Å²) in [6, 6.07) is 23.6. The molecule has 0 fully saturated rings. The molecule has 0 aliphatic heterocycles. The molecule has 2 amide bonds. The van der Waals surface area contributed by atoms with Gasteiger partial charge in [0.05, 0.1) is 21.2 Å². The van der Waals surface area contributed by atoms with Crippen LogP contribution in [0.15, 0.2) is 102 Å². The highest BCUT2D eigenvalue weighted by molar-refractivity contribution is 7.92. The van der Waals surface area contributed by atoms with E-state index in [0.29, 0.717) is 15.9 Å². The number of likely N-dealkylation sites (N-methyl/N-ethyl adjacent to an activating group) is 1. The average molecular weight is 686 g/mol. The highest BCUT2D eigenvalue weighted by atomic mass is 35.5. The summed E-state index contributed by atoms with van der Waals surface area (Å²) < 4.78 is 70.6. The molecule has 0 saturated carbocycles. The Balaban J connectivity index is 1.86. The molecular weight excluding hydrogens is 651 g/mol. The lowest BCUT2D eigenvalue weighted by Gasteiger charge is -2.34. The van der Waals surface area contributed by atoms with E-state index >= 15 is 0 Å². The number of carbonyl (C=O) groups excluding carboxylic acids is 2. The van der Waals surface area contributed by atoms with Gasteiger partial charge in [-0.1, -0.05) is 89.5 Å². The maximum absolute atomic E-state index is 14.4. The molecule has 0 bridgehead atoms. The molecule has 4 aromatic carbocycles. The molecule has 1 unspecified atom stereocenters. The van der Waals surface area contributed by atoms with Crippen molar-refractivity contribution in [2.45, 2.75) is 50.9 Å². The number of nitrogens with one attached hydrogen (secondary N) is 1. The Labute approximate surface area is 278 Å². The number of carbonyl (C=O) groups is 2. The van der Waals surface area contributed by atoms with E-state index in [4.69, 9.17) is 11.6 Å². The zero-order valence-electron chi connectivity index (χ0n) is 26.1. The molecule has 0 aromatic heterocycles. The Morgan fingerprint density at radius 3 is 2.13 bits per heavy atom. The van der Waals surface area contributed by atoms with Crippen LogP contribution in [0.5, 0.6) is 0 Å². The first-order chi connectivity index (χ1) is 22.2. The fourth-order valence-corrected chi connectivity index (χ4v) is 6.74. The number of hydrogen-bond acceptors (Lipinski definition) is 4. The highest BCUT2D eigenvalue weighted by Crippen LogP contribution is 2.38. The monoisotopic (exact) mass is 685 g/mol. The fourth-order valence-electron chi connectivity index (χ4n) is 5.11. The van der Waals surface area contributed by atoms with E-state index in [1.807, 2.05) is 37.3 Å². The van der Waals surface area contributed by atoms with E-state index < -0.39 is 56.9 Å². The van der Waals surface area contributed by atoms with Crippen LogP contribution >= 0.6 is 11.6 Å². The van der Waals surface area contributed by atoms with Crippen molar-refractivity contribution >= 4 is 39.1 Å². The Morgan fingerprint density at radius 1 is 0.851 bits per heavy atom. The second-order valence-corrected chi connectivity index (χ2v) is 13.4. The van der Waals surface area contributed by atoms with Crippen molar-refractivity contribution in [3.8, 4) is 0 Å². The third-order valence-electron chi connectivity index (χ3n) is 7.49. The van der Waals surface area contributed by atoms with Crippen molar-refractivity contribution in [1.29, 1.82) is 0 Å². The van der Waals surface area contributed by atoms with Gasteiger partial charge in [-0.2, -0.15) is 13.2 Å². The lowest BCUT2D eigenvalue weighted by atomic mass is 10.0. The summed E-state index contributed by atoms with van der Waals surface area (Å²) in [6.07, 6.45) is -4.79. The van der Waals surface area contributed by atoms with Crippen molar-refractivity contribution in [3.05, 3.63) is 130 Å². The van der Waals surface area contributed by atoms with Gasteiger partial charge in [-0.25, -0.2) is 8.42 Å². The minimum absolute atomic E-state index is 0.0675. The number of benzene rings is 4. The van der Waals surface area contributed by atoms with Gasteiger partial charge in [-0.05, 0) is 62.2 Å². The van der Waals surface area contributed by atoms with E-state index in [0.717, 1.165) is 28.8 Å². The van der Waals surface area contributed by atoms with Gasteiger partial charge in [0.15, 0.2) is 0 Å². The number of hydrogen-bond donors (Lipinski definition) is 1. The van der Waals surface area contributed by atoms with Crippen LogP contribution in [-0.4, -0.2) is 44.3 Å². The van der Waals surface area contributed by atoms with E-state index in [1.165, 1.54) is 17.0 Å². The van der Waals surface area contributed by atoms with Crippen molar-refractivity contribution in [2.75, 3.05) is 17.4 Å². The second-order valence-electron chi connectivity index (χ2n) is 11.1. The maximum atomic E-state index is 14.4. The van der Waals surface area contributed by atoms with Gasteiger partial charge in [-0.3, -0.25) is 13.9 Å². The molecule has 7 nitrogen and oxygen atoms in total. The predicted molar refractivity (Wildman–Crippen MR) is 177 cm³/mol. The minimum Gasteiger partial charge on any atom is -0.355 e. The lowest BCUT2D eigenvalue weighted by Crippen LogP contribution is -2.53. The normalized spacial score (nSPS) is 12.3. The molecule has 1 N–H and O–H groups in total. The lowest BCUT2D eigenvalue weighted by molar-refractivity contribution is -0.140. The summed E-state index contributed by atoms with van der Waals surface area (Å²) in [5.41, 5.74) is 1.42. The molecule has 4 aromatic rings. The molecular formula is C35H35ClF3N3O4S. The van der Waals surface area contributed by atoms with Crippen molar-refractivity contribution in [3.63, 3.8) is 0 Å². The van der Waals surface area contributed by atoms with Gasteiger partial charge in [0.1, 0.15) is 12.6 Å². The Bertz CT molecular complexity index is 1820. The zero-order valence-corrected chi connectivity index (χ0v) is 27.7. The summed E-state index contributed by atoms with van der Waals surface area (Å²) in [5.74, 6) is -1.26. The molecule has 4 rings (SSSR count). The van der Waals surface area contributed by atoms with Gasteiger partial charge < -0.3 is 10.2 Å². The van der Waals surface area contributed by atoms with Crippen LogP contribution in [-0.2, 0) is 38.8 Å². The number of sulfonamides is 1. The Hall–Kier alpha value is -4.35. The number of amides is 2. The summed E-state index contributed by atoms with van der Waals surface area (Å²) in [7, 11) is -4.59. The number of alkyl halides is 3. The van der Waals surface area contributed by atoms with Crippen molar-refractivity contribution in [2.24, 2.45) is 0 Å². The highest BCUT2D eigenvalue weighted by Gasteiger charge is 2.37. The van der Waals surface area contributed by atoms with Crippen LogP contribution in [0.4, 0.5) is 18.9 Å². The molecule has 0 spiro atoms. The van der Waals surface area contributed by atoms with Crippen LogP contribution in [0, 0.1) is 13.8 Å². The van der Waals surface area contributed by atoms with Crippen molar-refractivity contribution in [1.82, 2.24) is 10.2 Å². The largest absolute Gasteiger partial charge is 0.417 e. The second kappa shape index (κ2) is 15.0. The summed E-state index contributed by atoms with van der Waals surface area (Å²) in [5, 5.41) is 2.15. The third-order valence-corrected chi connectivity index (χ3v) is 9.61. The summed E-state index contributed by atoms with van der Waals surface area (Å²) in [4.78, 5) is 29.1. The Morgan fingerprint density at radius 2 is 1.51 bits per heavy atom. The first-order valence-electron chi connectivity index (χ1n) is 14.8. The number of aryl methyl sites for hydroxylation is 2. The standard InChI is InChI=1S/C35H35ClF3N3O4S/c1-4-40-34(44)32(20-26-10-6-5-7-11-26)41(22-27-12-8-9-25(3)19-27)33(43)23-42(47(45,46)29-16-13-24(2)14-17-29)28-15-18-31(36)30(21-28)35(37,38)39/h5-19,21,32H,4,20,22-23H2,1-3H3,(H,40,44). The van der Waals surface area contributed by atoms with Gasteiger partial charge in [0.25, 0.3) is 10.0 Å². The zero-order chi connectivity index (χ0) is 34.4. The molecule has 248 valence electrons. The van der Waals surface area contributed by atoms with Crippen LogP contribution in [0.25, 0.3) is 0 Å². The molecule has 0 heterocycles. The maximum Gasteiger partial charge on any atom is 0.417 e. The van der Waals surface area contributed by atoms with Gasteiger partial charge >= 0.3 is 6.18 Å². The molecule has 0 saturated heterocycles. The quantitative estimate of drug-likeness (QED) is 0.175. The van der Waals surface area contributed by atoms with E-state index in [9.17, 15) is 31.2 Å². The average Bonchev–Trinajstić information content (AvgIpc) is 3.02. The number of halogens is 4. The topological polar surface area (TPSA) is 86.8 Å². The molecule has 47 heavy (non-hydrogen) atoms. The van der Waals surface area contributed by atoms with Gasteiger partial charge in [-0.15, -0.1) is 0 Å². The van der Waals surface area contributed by atoms with Crippen LogP contribution in [0.2, 0.25) is 5.02 Å². The molecule has 1 atom stereocenters. The number of anilines is 1. The van der Waals surface area contributed by atoms with E-state index in [1.54, 1.807) is 50.2 Å². The molecule has 0 aliphatic carbocycles. The summed E-state index contributed by atoms with van der Waals surface area (Å²) in [6.45, 7) is 4.67. The SMILES string of the molecule is CCNC(=O)C(Cc1ccccc1)N(Cc1cccc(C)c1)C(=O)CN(c1ccc(Cl)c(C(F)(F)F)c1)S(=O)(=O)c1ccc(C)cc1. The Kier molecular flexibility index (Phi) is 11.4. The first-order valence-corrected chi connectivity index (χ1v) is 16.6. The van der Waals surface area contributed by atoms with Crippen LogP contribution < -0.4 is 9.62 Å². The van der Waals surface area contributed by atoms with Gasteiger partial charge in [0, 0.05) is 19.5 Å². The van der Waals surface area contributed by atoms with Crippen LogP contribution in [0.1, 0.15) is 34.7 Å². The number of rotatable bonds is 12. The fraction of sp³-hybridized carbons (Fsp3) is 0.257. The first kappa shape index (κ1) is 35.5. The van der Waals surface area contributed by atoms with Gasteiger partial charge in [0.2, 0.25) is 11.8 Å². The molecule has 12 heteroatoms. The van der Waals surface area contributed by atoms with Crippen LogP contribution in [0.3, 0.4) is 0 Å². The van der Waals surface area contributed by atoms with E-state index in [-0.39, 0.29) is 24.4 Å². The predicted octanol–water partition coefficient (Wildman–Crippen LogP) is 6.95. The minimum atomic E-state index is -4.90. The van der Waals surface area contributed by atoms with Crippen molar-refractivity contribution < 1.29 is 31.2 Å². The number of nitrogens with zero attached hydrogens (tertiary/aromatic N) is 2.